The number of piperidine rings is 1. The lowest BCUT2D eigenvalue weighted by Gasteiger charge is -2.34. The molecule has 0 aromatic carbocycles. The van der Waals surface area contributed by atoms with Crippen molar-refractivity contribution in [1.29, 1.82) is 0 Å². The Hall–Kier alpha value is -1.29. The smallest absolute Gasteiger partial charge is 0.151 e. The van der Waals surface area contributed by atoms with Crippen molar-refractivity contribution in [2.45, 2.75) is 12.8 Å². The fraction of sp³-hybridized carbons (Fsp3) is 0.615. The highest BCUT2D eigenvalue weighted by molar-refractivity contribution is 5.62. The van der Waals surface area contributed by atoms with Gasteiger partial charge in [0, 0.05) is 25.8 Å². The number of pyridine rings is 1. The van der Waals surface area contributed by atoms with Crippen molar-refractivity contribution in [3.8, 4) is 0 Å². The first-order chi connectivity index (χ1) is 8.16. The van der Waals surface area contributed by atoms with E-state index in [9.17, 15) is 0 Å². The molecule has 0 saturated carbocycles. The molecule has 1 aliphatic rings. The Morgan fingerprint density at radius 2 is 2.12 bits per heavy atom. The lowest BCUT2D eigenvalue weighted by atomic mass is 9.96. The molecule has 0 spiro atoms. The van der Waals surface area contributed by atoms with Gasteiger partial charge >= 0.3 is 0 Å². The molecular weight excluding hydrogens is 212 g/mol. The molecule has 0 aliphatic carbocycles. The number of nitrogen functional groups attached to an aromatic ring is 1. The molecule has 0 amide bonds. The molecule has 0 bridgehead atoms. The van der Waals surface area contributed by atoms with E-state index in [2.05, 4.69) is 28.9 Å². The van der Waals surface area contributed by atoms with Gasteiger partial charge in [-0.25, -0.2) is 4.98 Å². The first kappa shape index (κ1) is 12.2. The van der Waals surface area contributed by atoms with Crippen LogP contribution in [0.15, 0.2) is 18.3 Å². The summed E-state index contributed by atoms with van der Waals surface area (Å²) in [5.41, 5.74) is 6.74. The second-order valence-electron chi connectivity index (χ2n) is 5.11. The van der Waals surface area contributed by atoms with Crippen LogP contribution >= 0.6 is 0 Å². The number of rotatable bonds is 3. The molecule has 2 N–H and O–H groups in total. The number of aromatic nitrogens is 1. The van der Waals surface area contributed by atoms with Crippen LogP contribution in [0.5, 0.6) is 0 Å². The molecular formula is C13H22N4. The number of hydrogen-bond donors (Lipinski definition) is 1. The van der Waals surface area contributed by atoms with Gasteiger partial charge in [0.1, 0.15) is 0 Å². The number of anilines is 2. The summed E-state index contributed by atoms with van der Waals surface area (Å²) < 4.78 is 0. The van der Waals surface area contributed by atoms with E-state index < -0.39 is 0 Å². The van der Waals surface area contributed by atoms with Gasteiger partial charge in [-0.05, 0) is 45.0 Å². The molecule has 0 radical (unpaired) electrons. The Bertz CT molecular complexity index is 356. The lowest BCUT2D eigenvalue weighted by Crippen LogP contribution is -2.37. The highest BCUT2D eigenvalue weighted by atomic mass is 15.2. The predicted molar refractivity (Wildman–Crippen MR) is 72.1 cm³/mol. The van der Waals surface area contributed by atoms with Crippen LogP contribution in [-0.2, 0) is 0 Å². The maximum Gasteiger partial charge on any atom is 0.151 e. The molecule has 0 atom stereocenters. The SMILES string of the molecule is CN(C)CC1CCN(c2ncccc2N)CC1. The molecule has 4 nitrogen and oxygen atoms in total. The molecule has 2 heterocycles. The maximum atomic E-state index is 5.95. The normalized spacial score (nSPS) is 17.7. The van der Waals surface area contributed by atoms with Crippen molar-refractivity contribution < 1.29 is 0 Å². The molecule has 2 rings (SSSR count). The standard InChI is InChI=1S/C13H22N4/c1-16(2)10-11-5-8-17(9-6-11)13-12(14)4-3-7-15-13/h3-4,7,11H,5-6,8-10,14H2,1-2H3. The zero-order chi connectivity index (χ0) is 12.3. The third kappa shape index (κ3) is 3.09. The Kier molecular flexibility index (Phi) is 3.84. The molecule has 0 unspecified atom stereocenters. The predicted octanol–water partition coefficient (Wildman–Crippen LogP) is 1.44. The van der Waals surface area contributed by atoms with Gasteiger partial charge in [-0.3, -0.25) is 0 Å². The Morgan fingerprint density at radius 1 is 1.41 bits per heavy atom. The van der Waals surface area contributed by atoms with E-state index in [0.29, 0.717) is 0 Å². The number of nitrogens with zero attached hydrogens (tertiary/aromatic N) is 3. The van der Waals surface area contributed by atoms with Crippen LogP contribution in [0.4, 0.5) is 11.5 Å². The molecule has 4 heteroatoms. The highest BCUT2D eigenvalue weighted by Gasteiger charge is 2.21. The largest absolute Gasteiger partial charge is 0.396 e. The Labute approximate surface area is 103 Å². The van der Waals surface area contributed by atoms with Gasteiger partial charge in [-0.15, -0.1) is 0 Å². The average molecular weight is 234 g/mol. The van der Waals surface area contributed by atoms with Gasteiger partial charge in [0.05, 0.1) is 5.69 Å². The summed E-state index contributed by atoms with van der Waals surface area (Å²) in [6, 6.07) is 3.81. The average Bonchev–Trinajstić information content (AvgIpc) is 2.30. The van der Waals surface area contributed by atoms with Crippen LogP contribution < -0.4 is 10.6 Å². The minimum atomic E-state index is 0.790. The summed E-state index contributed by atoms with van der Waals surface area (Å²) in [6.45, 7) is 3.32. The van der Waals surface area contributed by atoms with E-state index in [1.807, 2.05) is 18.3 Å². The van der Waals surface area contributed by atoms with Crippen LogP contribution in [0.3, 0.4) is 0 Å². The van der Waals surface area contributed by atoms with Crippen LogP contribution in [0, 0.1) is 5.92 Å². The number of nitrogens with two attached hydrogens (primary N) is 1. The summed E-state index contributed by atoms with van der Waals surface area (Å²) in [5, 5.41) is 0. The van der Waals surface area contributed by atoms with Gasteiger partial charge in [-0.2, -0.15) is 0 Å². The monoisotopic (exact) mass is 234 g/mol. The zero-order valence-electron chi connectivity index (χ0n) is 10.8. The molecule has 94 valence electrons. The van der Waals surface area contributed by atoms with Gasteiger partial charge in [0.2, 0.25) is 0 Å². The van der Waals surface area contributed by atoms with E-state index in [-0.39, 0.29) is 0 Å². The van der Waals surface area contributed by atoms with E-state index in [4.69, 9.17) is 5.73 Å². The number of hydrogen-bond acceptors (Lipinski definition) is 4. The highest BCUT2D eigenvalue weighted by Crippen LogP contribution is 2.25. The molecule has 1 aromatic heterocycles. The van der Waals surface area contributed by atoms with Crippen LogP contribution in [0.25, 0.3) is 0 Å². The van der Waals surface area contributed by atoms with Gasteiger partial charge in [-0.1, -0.05) is 0 Å². The molecule has 1 fully saturated rings. The second kappa shape index (κ2) is 5.36. The van der Waals surface area contributed by atoms with E-state index >= 15 is 0 Å². The summed E-state index contributed by atoms with van der Waals surface area (Å²) >= 11 is 0. The fourth-order valence-electron chi connectivity index (χ4n) is 2.52. The molecule has 1 aliphatic heterocycles. The molecule has 17 heavy (non-hydrogen) atoms. The molecule has 1 saturated heterocycles. The minimum absolute atomic E-state index is 0.790. The van der Waals surface area contributed by atoms with Gasteiger partial charge in [0.15, 0.2) is 5.82 Å². The van der Waals surface area contributed by atoms with Crippen molar-refractivity contribution in [3.05, 3.63) is 18.3 Å². The third-order valence-electron chi connectivity index (χ3n) is 3.35. The minimum Gasteiger partial charge on any atom is -0.396 e. The lowest BCUT2D eigenvalue weighted by molar-refractivity contribution is 0.284. The van der Waals surface area contributed by atoms with E-state index in [1.165, 1.54) is 19.4 Å². The first-order valence-electron chi connectivity index (χ1n) is 6.27. The summed E-state index contributed by atoms with van der Waals surface area (Å²) in [6.07, 6.45) is 4.28. The van der Waals surface area contributed by atoms with Crippen molar-refractivity contribution in [2.75, 3.05) is 44.4 Å². The summed E-state index contributed by atoms with van der Waals surface area (Å²) in [7, 11) is 4.28. The van der Waals surface area contributed by atoms with Crippen LogP contribution in [-0.4, -0.2) is 43.6 Å². The van der Waals surface area contributed by atoms with E-state index in [0.717, 1.165) is 30.5 Å². The van der Waals surface area contributed by atoms with E-state index in [1.54, 1.807) is 0 Å². The first-order valence-corrected chi connectivity index (χ1v) is 6.27. The van der Waals surface area contributed by atoms with Crippen molar-refractivity contribution in [1.82, 2.24) is 9.88 Å². The van der Waals surface area contributed by atoms with Crippen LogP contribution in [0.2, 0.25) is 0 Å². The van der Waals surface area contributed by atoms with Gasteiger partial charge in [0.25, 0.3) is 0 Å². The topological polar surface area (TPSA) is 45.4 Å². The van der Waals surface area contributed by atoms with Crippen molar-refractivity contribution >= 4 is 11.5 Å². The molecule has 1 aromatic rings. The Morgan fingerprint density at radius 3 is 2.71 bits per heavy atom. The van der Waals surface area contributed by atoms with Gasteiger partial charge < -0.3 is 15.5 Å². The van der Waals surface area contributed by atoms with Crippen molar-refractivity contribution in [2.24, 2.45) is 5.92 Å². The zero-order valence-corrected chi connectivity index (χ0v) is 10.8. The summed E-state index contributed by atoms with van der Waals surface area (Å²) in [5.74, 6) is 1.77. The van der Waals surface area contributed by atoms with Crippen molar-refractivity contribution in [3.63, 3.8) is 0 Å². The van der Waals surface area contributed by atoms with Crippen LogP contribution in [0.1, 0.15) is 12.8 Å². The fourth-order valence-corrected chi connectivity index (χ4v) is 2.52. The quantitative estimate of drug-likeness (QED) is 0.859. The maximum absolute atomic E-state index is 5.95. The Balaban J connectivity index is 1.93. The summed E-state index contributed by atoms with van der Waals surface area (Å²) in [4.78, 5) is 8.96. The third-order valence-corrected chi connectivity index (χ3v) is 3.35. The second-order valence-corrected chi connectivity index (χ2v) is 5.11.